The van der Waals surface area contributed by atoms with Crippen LogP contribution in [0.15, 0.2) is 18.2 Å². The largest absolute Gasteiger partial charge is 0.477 e. The van der Waals surface area contributed by atoms with Crippen LogP contribution in [0.2, 0.25) is 0 Å². The molecule has 0 aliphatic carbocycles. The van der Waals surface area contributed by atoms with Gasteiger partial charge in [0.1, 0.15) is 0 Å². The van der Waals surface area contributed by atoms with E-state index >= 15 is 0 Å². The molecule has 1 amide bonds. The van der Waals surface area contributed by atoms with Gasteiger partial charge in [0, 0.05) is 12.1 Å². The van der Waals surface area contributed by atoms with E-state index in [1.807, 2.05) is 13.8 Å². The highest BCUT2D eigenvalue weighted by Crippen LogP contribution is 2.27. The van der Waals surface area contributed by atoms with E-state index in [4.69, 9.17) is 4.74 Å². The van der Waals surface area contributed by atoms with Gasteiger partial charge in [0.2, 0.25) is 0 Å². The van der Waals surface area contributed by atoms with Gasteiger partial charge >= 0.3 is 5.69 Å². The first-order valence-corrected chi connectivity index (χ1v) is 7.46. The van der Waals surface area contributed by atoms with E-state index in [9.17, 15) is 14.9 Å². The number of nitrogens with one attached hydrogen (secondary N) is 1. The van der Waals surface area contributed by atoms with Gasteiger partial charge in [-0.3, -0.25) is 14.9 Å². The number of carbonyl (C=O) groups is 1. The van der Waals surface area contributed by atoms with Gasteiger partial charge in [-0.05, 0) is 44.2 Å². The van der Waals surface area contributed by atoms with Crippen LogP contribution in [0.25, 0.3) is 0 Å². The maximum absolute atomic E-state index is 11.8. The van der Waals surface area contributed by atoms with Crippen LogP contribution in [0, 0.1) is 23.0 Å². The van der Waals surface area contributed by atoms with Gasteiger partial charge in [0.15, 0.2) is 12.4 Å². The van der Waals surface area contributed by atoms with Crippen LogP contribution < -0.4 is 10.1 Å². The zero-order chi connectivity index (χ0) is 16.7. The molecule has 1 atom stereocenters. The van der Waals surface area contributed by atoms with Gasteiger partial charge in [-0.2, -0.15) is 0 Å². The topological polar surface area (TPSA) is 81.5 Å². The number of nitro benzene ring substituents is 1. The molecule has 1 unspecified atom stereocenters. The molecule has 6 nitrogen and oxygen atoms in total. The number of hydrogen-bond donors (Lipinski definition) is 1. The van der Waals surface area contributed by atoms with Crippen LogP contribution in [-0.4, -0.2) is 23.5 Å². The molecule has 0 aliphatic heterocycles. The molecule has 0 aliphatic rings. The Bertz CT molecular complexity index is 529. The normalized spacial score (nSPS) is 12.0. The molecule has 0 aromatic heterocycles. The van der Waals surface area contributed by atoms with Crippen LogP contribution in [-0.2, 0) is 4.79 Å². The van der Waals surface area contributed by atoms with Crippen molar-refractivity contribution in [2.75, 3.05) is 6.61 Å². The molecule has 0 fully saturated rings. The van der Waals surface area contributed by atoms with Gasteiger partial charge in [0.05, 0.1) is 4.92 Å². The second kappa shape index (κ2) is 8.36. The lowest BCUT2D eigenvalue weighted by molar-refractivity contribution is -0.385. The maximum atomic E-state index is 11.8. The standard InChI is InChI=1S/C16H24N2O4/c1-11(2)5-7-13(4)17-16(19)10-22-15-9-12(3)6-8-14(15)18(20)21/h6,8-9,11,13H,5,7,10H2,1-4H3,(H,17,19). The SMILES string of the molecule is Cc1ccc([N+](=O)[O-])c(OCC(=O)NC(C)CCC(C)C)c1. The first kappa shape index (κ1) is 17.9. The lowest BCUT2D eigenvalue weighted by Crippen LogP contribution is -2.36. The monoisotopic (exact) mass is 308 g/mol. The van der Waals surface area contributed by atoms with Gasteiger partial charge < -0.3 is 10.1 Å². The Labute approximate surface area is 131 Å². The second-order valence-electron chi connectivity index (χ2n) is 5.96. The minimum Gasteiger partial charge on any atom is -0.477 e. The van der Waals surface area contributed by atoms with Crippen molar-refractivity contribution < 1.29 is 14.5 Å². The van der Waals surface area contributed by atoms with Gasteiger partial charge in [0.25, 0.3) is 5.91 Å². The third kappa shape index (κ3) is 6.11. The number of carbonyl (C=O) groups excluding carboxylic acids is 1. The number of hydrogen-bond acceptors (Lipinski definition) is 4. The molecule has 1 rings (SSSR count). The number of rotatable bonds is 8. The van der Waals surface area contributed by atoms with Crippen molar-refractivity contribution in [3.63, 3.8) is 0 Å². The quantitative estimate of drug-likeness (QED) is 0.590. The fourth-order valence-electron chi connectivity index (χ4n) is 2.00. The van der Waals surface area contributed by atoms with Crippen LogP contribution in [0.4, 0.5) is 5.69 Å². The van der Waals surface area contributed by atoms with E-state index < -0.39 is 4.92 Å². The van der Waals surface area contributed by atoms with E-state index in [0.29, 0.717) is 5.92 Å². The number of ether oxygens (including phenoxy) is 1. The summed E-state index contributed by atoms with van der Waals surface area (Å²) in [5.74, 6) is 0.438. The molecule has 0 radical (unpaired) electrons. The van der Waals surface area contributed by atoms with E-state index in [0.717, 1.165) is 18.4 Å². The second-order valence-corrected chi connectivity index (χ2v) is 5.96. The van der Waals surface area contributed by atoms with Crippen molar-refractivity contribution in [3.8, 4) is 5.75 Å². The molecule has 0 saturated heterocycles. The van der Waals surface area contributed by atoms with Crippen molar-refractivity contribution in [1.29, 1.82) is 0 Å². The highest BCUT2D eigenvalue weighted by Gasteiger charge is 2.16. The predicted octanol–water partition coefficient (Wildman–Crippen LogP) is 3.22. The first-order chi connectivity index (χ1) is 10.3. The number of nitro groups is 1. The summed E-state index contributed by atoms with van der Waals surface area (Å²) in [5, 5.41) is 13.8. The van der Waals surface area contributed by atoms with Crippen molar-refractivity contribution in [1.82, 2.24) is 5.32 Å². The van der Waals surface area contributed by atoms with Crippen molar-refractivity contribution >= 4 is 11.6 Å². The number of amides is 1. The number of nitrogens with zero attached hydrogens (tertiary/aromatic N) is 1. The average Bonchev–Trinajstić information content (AvgIpc) is 2.42. The molecule has 22 heavy (non-hydrogen) atoms. The predicted molar refractivity (Wildman–Crippen MR) is 85.0 cm³/mol. The Balaban J connectivity index is 2.54. The smallest absolute Gasteiger partial charge is 0.310 e. The lowest BCUT2D eigenvalue weighted by Gasteiger charge is -2.15. The fourth-order valence-corrected chi connectivity index (χ4v) is 2.00. The van der Waals surface area contributed by atoms with Gasteiger partial charge in [-0.15, -0.1) is 0 Å². The highest BCUT2D eigenvalue weighted by atomic mass is 16.6. The summed E-state index contributed by atoms with van der Waals surface area (Å²) in [6, 6.07) is 4.64. The Kier molecular flexibility index (Phi) is 6.82. The fraction of sp³-hybridized carbons (Fsp3) is 0.562. The summed E-state index contributed by atoms with van der Waals surface area (Å²) < 4.78 is 5.31. The molecular weight excluding hydrogens is 284 g/mol. The Morgan fingerprint density at radius 3 is 2.59 bits per heavy atom. The van der Waals surface area contributed by atoms with Crippen molar-refractivity contribution in [3.05, 3.63) is 33.9 Å². The van der Waals surface area contributed by atoms with Gasteiger partial charge in [-0.25, -0.2) is 0 Å². The molecule has 0 bridgehead atoms. The third-order valence-corrected chi connectivity index (χ3v) is 3.26. The Morgan fingerprint density at radius 2 is 2.00 bits per heavy atom. The molecule has 1 aromatic rings. The summed E-state index contributed by atoms with van der Waals surface area (Å²) in [7, 11) is 0. The lowest BCUT2D eigenvalue weighted by atomic mass is 10.0. The van der Waals surface area contributed by atoms with Crippen LogP contribution in [0.5, 0.6) is 5.75 Å². The van der Waals surface area contributed by atoms with E-state index in [2.05, 4.69) is 19.2 Å². The van der Waals surface area contributed by atoms with Gasteiger partial charge in [-0.1, -0.05) is 19.9 Å². The molecule has 6 heteroatoms. The summed E-state index contributed by atoms with van der Waals surface area (Å²) in [5.41, 5.74) is 0.706. The Morgan fingerprint density at radius 1 is 1.32 bits per heavy atom. The average molecular weight is 308 g/mol. The maximum Gasteiger partial charge on any atom is 0.310 e. The minimum atomic E-state index is -0.516. The minimum absolute atomic E-state index is 0.0611. The molecule has 1 N–H and O–H groups in total. The third-order valence-electron chi connectivity index (χ3n) is 3.26. The zero-order valence-electron chi connectivity index (χ0n) is 13.6. The van der Waals surface area contributed by atoms with Crippen LogP contribution in [0.3, 0.4) is 0 Å². The summed E-state index contributed by atoms with van der Waals surface area (Å²) >= 11 is 0. The molecule has 0 heterocycles. The summed E-state index contributed by atoms with van der Waals surface area (Å²) in [4.78, 5) is 22.2. The molecular formula is C16H24N2O4. The number of aryl methyl sites for hydroxylation is 1. The van der Waals surface area contributed by atoms with Crippen LogP contribution >= 0.6 is 0 Å². The Hall–Kier alpha value is -2.11. The van der Waals surface area contributed by atoms with E-state index in [1.165, 1.54) is 6.07 Å². The molecule has 0 saturated carbocycles. The molecule has 0 spiro atoms. The first-order valence-electron chi connectivity index (χ1n) is 7.46. The highest BCUT2D eigenvalue weighted by molar-refractivity contribution is 5.78. The van der Waals surface area contributed by atoms with E-state index in [1.54, 1.807) is 12.1 Å². The zero-order valence-corrected chi connectivity index (χ0v) is 13.6. The summed E-state index contributed by atoms with van der Waals surface area (Å²) in [6.07, 6.45) is 1.93. The van der Waals surface area contributed by atoms with E-state index in [-0.39, 0.29) is 30.0 Å². The molecule has 122 valence electrons. The van der Waals surface area contributed by atoms with Crippen LogP contribution in [0.1, 0.15) is 39.2 Å². The van der Waals surface area contributed by atoms with Crippen molar-refractivity contribution in [2.24, 2.45) is 5.92 Å². The molecule has 1 aromatic carbocycles. The summed E-state index contributed by atoms with van der Waals surface area (Å²) in [6.45, 7) is 7.79. The number of benzene rings is 1. The van der Waals surface area contributed by atoms with Crippen molar-refractivity contribution in [2.45, 2.75) is 46.6 Å².